The first kappa shape index (κ1) is 10.4. The molecule has 17 heavy (non-hydrogen) atoms. The Morgan fingerprint density at radius 3 is 2.65 bits per heavy atom. The third-order valence-electron chi connectivity index (χ3n) is 3.56. The molecular weight excluding hydrogens is 206 g/mol. The van der Waals surface area contributed by atoms with Gasteiger partial charge < -0.3 is 5.32 Å². The molecule has 1 heteroatoms. The molecular formula is C16H17N. The number of anilines is 1. The van der Waals surface area contributed by atoms with Crippen molar-refractivity contribution in [3.05, 3.63) is 65.2 Å². The molecule has 0 spiro atoms. The van der Waals surface area contributed by atoms with E-state index in [-0.39, 0.29) is 0 Å². The van der Waals surface area contributed by atoms with Gasteiger partial charge in [0.2, 0.25) is 0 Å². The smallest absolute Gasteiger partial charge is 0.0555 e. The van der Waals surface area contributed by atoms with E-state index in [1.165, 1.54) is 22.4 Å². The van der Waals surface area contributed by atoms with E-state index in [1.54, 1.807) is 0 Å². The van der Waals surface area contributed by atoms with Gasteiger partial charge in [-0.05, 0) is 29.5 Å². The molecule has 1 N–H and O–H groups in total. The highest BCUT2D eigenvalue weighted by molar-refractivity contribution is 5.63. The minimum atomic E-state index is 0.443. The molecule has 0 radical (unpaired) electrons. The van der Waals surface area contributed by atoms with Gasteiger partial charge in [0.25, 0.3) is 0 Å². The maximum Gasteiger partial charge on any atom is 0.0555 e. The molecule has 1 unspecified atom stereocenters. The van der Waals surface area contributed by atoms with Gasteiger partial charge >= 0.3 is 0 Å². The number of benzene rings is 2. The Morgan fingerprint density at radius 2 is 1.88 bits per heavy atom. The number of aryl methyl sites for hydroxylation is 1. The lowest BCUT2D eigenvalue weighted by Gasteiger charge is -2.12. The molecule has 1 aliphatic rings. The van der Waals surface area contributed by atoms with Crippen LogP contribution in [0.25, 0.3) is 0 Å². The highest BCUT2D eigenvalue weighted by atomic mass is 15.0. The number of rotatable bonds is 2. The quantitative estimate of drug-likeness (QED) is 0.812. The summed E-state index contributed by atoms with van der Waals surface area (Å²) in [7, 11) is 0. The van der Waals surface area contributed by atoms with Crippen LogP contribution in [0.5, 0.6) is 0 Å². The summed E-state index contributed by atoms with van der Waals surface area (Å²) in [6, 6.07) is 17.8. The average molecular weight is 223 g/mol. The number of nitrogens with one attached hydrogen (secondary N) is 1. The first-order chi connectivity index (χ1) is 8.38. The summed E-state index contributed by atoms with van der Waals surface area (Å²) in [5, 5.41) is 3.67. The largest absolute Gasteiger partial charge is 0.377 e. The van der Waals surface area contributed by atoms with Crippen LogP contribution in [-0.4, -0.2) is 0 Å². The molecule has 2 aromatic rings. The van der Waals surface area contributed by atoms with Crippen LogP contribution >= 0.6 is 0 Å². The Hall–Kier alpha value is -1.76. The SMILES string of the molecule is CCc1cccc2c1NC(c1ccccc1)C2. The van der Waals surface area contributed by atoms with Crippen LogP contribution in [0.1, 0.15) is 29.7 Å². The number of para-hydroxylation sites is 1. The average Bonchev–Trinajstić information content (AvgIpc) is 2.83. The normalized spacial score (nSPS) is 17.6. The summed E-state index contributed by atoms with van der Waals surface area (Å²) in [5.74, 6) is 0. The van der Waals surface area contributed by atoms with Crippen LogP contribution in [0.15, 0.2) is 48.5 Å². The van der Waals surface area contributed by atoms with E-state index >= 15 is 0 Å². The number of hydrogen-bond acceptors (Lipinski definition) is 1. The van der Waals surface area contributed by atoms with E-state index in [0.717, 1.165) is 12.8 Å². The molecule has 0 fully saturated rings. The summed E-state index contributed by atoms with van der Waals surface area (Å²) in [6.45, 7) is 2.22. The third kappa shape index (κ3) is 1.82. The van der Waals surface area contributed by atoms with Gasteiger partial charge in [-0.15, -0.1) is 0 Å². The molecule has 86 valence electrons. The molecule has 1 atom stereocenters. The molecule has 1 heterocycles. The maximum absolute atomic E-state index is 3.67. The fraction of sp³-hybridized carbons (Fsp3) is 0.250. The van der Waals surface area contributed by atoms with Gasteiger partial charge in [-0.25, -0.2) is 0 Å². The topological polar surface area (TPSA) is 12.0 Å². The maximum atomic E-state index is 3.67. The van der Waals surface area contributed by atoms with E-state index in [4.69, 9.17) is 0 Å². The Morgan fingerprint density at radius 1 is 1.06 bits per heavy atom. The molecule has 1 aliphatic heterocycles. The fourth-order valence-corrected chi connectivity index (χ4v) is 2.64. The lowest BCUT2D eigenvalue weighted by Crippen LogP contribution is -2.05. The minimum absolute atomic E-state index is 0.443. The summed E-state index contributed by atoms with van der Waals surface area (Å²) in [5.41, 5.74) is 5.63. The first-order valence-electron chi connectivity index (χ1n) is 6.30. The number of hydrogen-bond donors (Lipinski definition) is 1. The van der Waals surface area contributed by atoms with Gasteiger partial charge in [0.15, 0.2) is 0 Å². The highest BCUT2D eigenvalue weighted by Crippen LogP contribution is 2.36. The van der Waals surface area contributed by atoms with Crippen molar-refractivity contribution >= 4 is 5.69 Å². The molecule has 3 rings (SSSR count). The van der Waals surface area contributed by atoms with E-state index < -0.39 is 0 Å². The monoisotopic (exact) mass is 223 g/mol. The van der Waals surface area contributed by atoms with Crippen molar-refractivity contribution in [2.75, 3.05) is 5.32 Å². The fourth-order valence-electron chi connectivity index (χ4n) is 2.64. The zero-order chi connectivity index (χ0) is 11.7. The van der Waals surface area contributed by atoms with Gasteiger partial charge in [-0.2, -0.15) is 0 Å². The van der Waals surface area contributed by atoms with Crippen molar-refractivity contribution in [3.8, 4) is 0 Å². The third-order valence-corrected chi connectivity index (χ3v) is 3.56. The Kier molecular flexibility index (Phi) is 2.60. The minimum Gasteiger partial charge on any atom is -0.377 e. The molecule has 0 bridgehead atoms. The van der Waals surface area contributed by atoms with Crippen molar-refractivity contribution in [1.82, 2.24) is 0 Å². The molecule has 0 aromatic heterocycles. The predicted molar refractivity (Wildman–Crippen MR) is 72.3 cm³/mol. The van der Waals surface area contributed by atoms with Crippen LogP contribution in [0.3, 0.4) is 0 Å². The highest BCUT2D eigenvalue weighted by Gasteiger charge is 2.23. The second-order valence-corrected chi connectivity index (χ2v) is 4.62. The summed E-state index contributed by atoms with van der Waals surface area (Å²) in [4.78, 5) is 0. The Balaban J connectivity index is 1.93. The van der Waals surface area contributed by atoms with Gasteiger partial charge in [0.05, 0.1) is 6.04 Å². The van der Waals surface area contributed by atoms with Crippen molar-refractivity contribution in [2.24, 2.45) is 0 Å². The van der Waals surface area contributed by atoms with E-state index in [1.807, 2.05) is 0 Å². The van der Waals surface area contributed by atoms with Crippen molar-refractivity contribution in [2.45, 2.75) is 25.8 Å². The predicted octanol–water partition coefficient (Wildman–Crippen LogP) is 3.96. The molecule has 0 saturated carbocycles. The molecule has 0 saturated heterocycles. The van der Waals surface area contributed by atoms with Gasteiger partial charge in [0, 0.05) is 5.69 Å². The zero-order valence-electron chi connectivity index (χ0n) is 10.1. The van der Waals surface area contributed by atoms with Gasteiger partial charge in [-0.1, -0.05) is 55.5 Å². The van der Waals surface area contributed by atoms with E-state index in [2.05, 4.69) is 60.8 Å². The van der Waals surface area contributed by atoms with Crippen LogP contribution < -0.4 is 5.32 Å². The summed E-state index contributed by atoms with van der Waals surface area (Å²) in [6.07, 6.45) is 2.20. The molecule has 0 amide bonds. The van der Waals surface area contributed by atoms with Gasteiger partial charge in [-0.3, -0.25) is 0 Å². The van der Waals surface area contributed by atoms with Crippen LogP contribution in [-0.2, 0) is 12.8 Å². The van der Waals surface area contributed by atoms with Crippen LogP contribution in [0.4, 0.5) is 5.69 Å². The Labute approximate surface area is 102 Å². The van der Waals surface area contributed by atoms with E-state index in [9.17, 15) is 0 Å². The summed E-state index contributed by atoms with van der Waals surface area (Å²) >= 11 is 0. The lowest BCUT2D eigenvalue weighted by molar-refractivity contribution is 0.824. The van der Waals surface area contributed by atoms with Crippen molar-refractivity contribution < 1.29 is 0 Å². The standard InChI is InChI=1S/C16H17N/c1-2-12-9-6-10-14-11-15(17-16(12)14)13-7-4-3-5-8-13/h3-10,15,17H,2,11H2,1H3. The molecule has 1 nitrogen and oxygen atoms in total. The molecule has 2 aromatic carbocycles. The van der Waals surface area contributed by atoms with Crippen LogP contribution in [0.2, 0.25) is 0 Å². The van der Waals surface area contributed by atoms with Crippen molar-refractivity contribution in [1.29, 1.82) is 0 Å². The first-order valence-corrected chi connectivity index (χ1v) is 6.30. The van der Waals surface area contributed by atoms with Crippen molar-refractivity contribution in [3.63, 3.8) is 0 Å². The number of fused-ring (bicyclic) bond motifs is 1. The zero-order valence-corrected chi connectivity index (χ0v) is 10.1. The van der Waals surface area contributed by atoms with E-state index in [0.29, 0.717) is 6.04 Å². The lowest BCUT2D eigenvalue weighted by atomic mass is 10.0. The summed E-state index contributed by atoms with van der Waals surface area (Å²) < 4.78 is 0. The molecule has 0 aliphatic carbocycles. The second-order valence-electron chi connectivity index (χ2n) is 4.62. The Bertz CT molecular complexity index is 516. The second kappa shape index (κ2) is 4.25. The van der Waals surface area contributed by atoms with Gasteiger partial charge in [0.1, 0.15) is 0 Å². The van der Waals surface area contributed by atoms with Crippen LogP contribution in [0, 0.1) is 0 Å².